The van der Waals surface area contributed by atoms with Crippen LogP contribution in [-0.2, 0) is 9.47 Å². The molecule has 0 aromatic heterocycles. The molecule has 3 N–H and O–H groups in total. The van der Waals surface area contributed by atoms with Crippen molar-refractivity contribution in [1.29, 1.82) is 0 Å². The van der Waals surface area contributed by atoms with Crippen LogP contribution < -0.4 is 5.32 Å². The minimum absolute atomic E-state index is 0.0383. The third-order valence-corrected chi connectivity index (χ3v) is 1.85. The second-order valence-electron chi connectivity index (χ2n) is 3.24. The molecule has 0 fully saturated rings. The summed E-state index contributed by atoms with van der Waals surface area (Å²) in [6.45, 7) is 2.58. The Bertz CT molecular complexity index is 165. The van der Waals surface area contributed by atoms with E-state index in [9.17, 15) is 4.79 Å². The van der Waals surface area contributed by atoms with E-state index in [2.05, 4.69) is 5.32 Å². The molecular weight excluding hydrogens is 214 g/mol. The topological polar surface area (TPSA) is 88.0 Å². The number of ether oxygens (including phenoxy) is 2. The molecule has 0 unspecified atom stereocenters. The molecule has 0 bridgehead atoms. The standard InChI is InChI=1S/C10H21NO5/c12-5-7-16-9-8-15-6-3-1-2-4-11-10(13)14/h11-12H,1-9H2,(H,13,14). The van der Waals surface area contributed by atoms with Crippen molar-refractivity contribution in [3.05, 3.63) is 0 Å². The average molecular weight is 235 g/mol. The van der Waals surface area contributed by atoms with E-state index in [1.54, 1.807) is 0 Å². The van der Waals surface area contributed by atoms with E-state index < -0.39 is 6.09 Å². The molecule has 0 aliphatic heterocycles. The van der Waals surface area contributed by atoms with Gasteiger partial charge in [-0.3, -0.25) is 0 Å². The Kier molecular flexibility index (Phi) is 11.6. The molecule has 16 heavy (non-hydrogen) atoms. The summed E-state index contributed by atoms with van der Waals surface area (Å²) in [7, 11) is 0. The van der Waals surface area contributed by atoms with Gasteiger partial charge in [-0.2, -0.15) is 0 Å². The van der Waals surface area contributed by atoms with Crippen molar-refractivity contribution < 1.29 is 24.5 Å². The number of amides is 1. The van der Waals surface area contributed by atoms with Gasteiger partial charge in [-0.25, -0.2) is 4.79 Å². The number of nitrogens with one attached hydrogen (secondary N) is 1. The van der Waals surface area contributed by atoms with E-state index in [1.165, 1.54) is 0 Å². The molecule has 0 aliphatic carbocycles. The van der Waals surface area contributed by atoms with Gasteiger partial charge < -0.3 is 25.0 Å². The summed E-state index contributed by atoms with van der Waals surface area (Å²) in [5, 5.41) is 19.0. The Balaban J connectivity index is 2.90. The SMILES string of the molecule is O=C(O)NCCCCCOCCOCCO. The van der Waals surface area contributed by atoms with Gasteiger partial charge in [-0.15, -0.1) is 0 Å². The zero-order chi connectivity index (χ0) is 12.1. The van der Waals surface area contributed by atoms with Gasteiger partial charge >= 0.3 is 6.09 Å². The lowest BCUT2D eigenvalue weighted by Gasteiger charge is -2.04. The van der Waals surface area contributed by atoms with E-state index in [1.807, 2.05) is 0 Å². The van der Waals surface area contributed by atoms with Crippen molar-refractivity contribution in [1.82, 2.24) is 5.32 Å². The van der Waals surface area contributed by atoms with Gasteiger partial charge in [0, 0.05) is 13.2 Å². The fraction of sp³-hybridized carbons (Fsp3) is 0.900. The quantitative estimate of drug-likeness (QED) is 0.452. The van der Waals surface area contributed by atoms with Crippen LogP contribution in [0.25, 0.3) is 0 Å². The first kappa shape index (κ1) is 15.2. The highest BCUT2D eigenvalue weighted by atomic mass is 16.5. The average Bonchev–Trinajstić information content (AvgIpc) is 2.25. The molecule has 0 aromatic rings. The summed E-state index contributed by atoms with van der Waals surface area (Å²) in [5.41, 5.74) is 0. The molecular formula is C10H21NO5. The van der Waals surface area contributed by atoms with Crippen molar-refractivity contribution in [3.8, 4) is 0 Å². The number of hydrogen-bond acceptors (Lipinski definition) is 4. The maximum Gasteiger partial charge on any atom is 0.404 e. The Hall–Kier alpha value is -0.850. The van der Waals surface area contributed by atoms with Crippen LogP contribution in [0.1, 0.15) is 19.3 Å². The first-order valence-electron chi connectivity index (χ1n) is 5.50. The van der Waals surface area contributed by atoms with Crippen LogP contribution in [0.2, 0.25) is 0 Å². The molecule has 0 saturated carbocycles. The highest BCUT2D eigenvalue weighted by Crippen LogP contribution is 1.94. The first-order chi connectivity index (χ1) is 7.77. The van der Waals surface area contributed by atoms with Crippen molar-refractivity contribution in [3.63, 3.8) is 0 Å². The lowest BCUT2D eigenvalue weighted by Crippen LogP contribution is -2.21. The number of hydrogen-bond donors (Lipinski definition) is 3. The number of aliphatic hydroxyl groups excluding tert-OH is 1. The van der Waals surface area contributed by atoms with Gasteiger partial charge in [0.25, 0.3) is 0 Å². The predicted octanol–water partition coefficient (Wildman–Crippen LogP) is 0.450. The monoisotopic (exact) mass is 235 g/mol. The minimum atomic E-state index is -0.975. The Morgan fingerprint density at radius 3 is 2.31 bits per heavy atom. The highest BCUT2D eigenvalue weighted by Gasteiger charge is 1.94. The molecule has 0 saturated heterocycles. The van der Waals surface area contributed by atoms with Crippen LogP contribution in [0, 0.1) is 0 Å². The lowest BCUT2D eigenvalue weighted by molar-refractivity contribution is 0.0321. The van der Waals surface area contributed by atoms with E-state index in [0.29, 0.717) is 33.0 Å². The predicted molar refractivity (Wildman–Crippen MR) is 58.6 cm³/mol. The third-order valence-electron chi connectivity index (χ3n) is 1.85. The molecule has 0 heterocycles. The number of carboxylic acid groups (broad SMARTS) is 1. The van der Waals surface area contributed by atoms with Crippen molar-refractivity contribution in [2.24, 2.45) is 0 Å². The summed E-state index contributed by atoms with van der Waals surface area (Å²) >= 11 is 0. The molecule has 0 radical (unpaired) electrons. The Labute approximate surface area is 95.6 Å². The van der Waals surface area contributed by atoms with Gasteiger partial charge in [0.05, 0.1) is 26.4 Å². The van der Waals surface area contributed by atoms with E-state index in [4.69, 9.17) is 19.7 Å². The van der Waals surface area contributed by atoms with Crippen LogP contribution in [-0.4, -0.2) is 55.9 Å². The molecule has 6 heteroatoms. The molecule has 96 valence electrons. The second-order valence-corrected chi connectivity index (χ2v) is 3.24. The van der Waals surface area contributed by atoms with Gasteiger partial charge in [0.2, 0.25) is 0 Å². The van der Waals surface area contributed by atoms with E-state index >= 15 is 0 Å². The first-order valence-corrected chi connectivity index (χ1v) is 5.50. The number of aliphatic hydroxyl groups is 1. The second kappa shape index (κ2) is 12.2. The fourth-order valence-electron chi connectivity index (χ4n) is 1.09. The third kappa shape index (κ3) is 13.2. The normalized spacial score (nSPS) is 10.3. The smallest absolute Gasteiger partial charge is 0.404 e. The molecule has 0 atom stereocenters. The number of unbranched alkanes of at least 4 members (excludes halogenated alkanes) is 2. The van der Waals surface area contributed by atoms with Crippen LogP contribution in [0.4, 0.5) is 4.79 Å². The van der Waals surface area contributed by atoms with Crippen molar-refractivity contribution in [2.45, 2.75) is 19.3 Å². The maximum absolute atomic E-state index is 10.1. The van der Waals surface area contributed by atoms with Crippen molar-refractivity contribution in [2.75, 3.05) is 39.6 Å². The van der Waals surface area contributed by atoms with Gasteiger partial charge in [-0.05, 0) is 19.3 Å². The van der Waals surface area contributed by atoms with Gasteiger partial charge in [0.15, 0.2) is 0 Å². The van der Waals surface area contributed by atoms with Crippen LogP contribution in [0.5, 0.6) is 0 Å². The van der Waals surface area contributed by atoms with Crippen LogP contribution in [0.15, 0.2) is 0 Å². The molecule has 6 nitrogen and oxygen atoms in total. The highest BCUT2D eigenvalue weighted by molar-refractivity contribution is 5.64. The summed E-state index contributed by atoms with van der Waals surface area (Å²) in [5.74, 6) is 0. The minimum Gasteiger partial charge on any atom is -0.465 e. The zero-order valence-electron chi connectivity index (χ0n) is 9.48. The molecule has 0 aromatic carbocycles. The summed E-state index contributed by atoms with van der Waals surface area (Å²) in [6.07, 6.45) is 1.72. The van der Waals surface area contributed by atoms with Gasteiger partial charge in [0.1, 0.15) is 0 Å². The van der Waals surface area contributed by atoms with Crippen molar-refractivity contribution >= 4 is 6.09 Å². The largest absolute Gasteiger partial charge is 0.465 e. The zero-order valence-corrected chi connectivity index (χ0v) is 9.48. The fourth-order valence-corrected chi connectivity index (χ4v) is 1.09. The van der Waals surface area contributed by atoms with Gasteiger partial charge in [-0.1, -0.05) is 0 Å². The Morgan fingerprint density at radius 2 is 1.69 bits per heavy atom. The molecule has 0 aliphatic rings. The molecule has 0 spiro atoms. The lowest BCUT2D eigenvalue weighted by atomic mass is 10.2. The maximum atomic E-state index is 10.1. The molecule has 0 rings (SSSR count). The van der Waals surface area contributed by atoms with E-state index in [-0.39, 0.29) is 6.61 Å². The van der Waals surface area contributed by atoms with E-state index in [0.717, 1.165) is 19.3 Å². The summed E-state index contributed by atoms with van der Waals surface area (Å²) < 4.78 is 10.3. The van der Waals surface area contributed by atoms with Crippen LogP contribution >= 0.6 is 0 Å². The number of rotatable bonds is 11. The molecule has 1 amide bonds. The summed E-state index contributed by atoms with van der Waals surface area (Å²) in [6, 6.07) is 0. The Morgan fingerprint density at radius 1 is 1.00 bits per heavy atom. The number of carbonyl (C=O) groups is 1. The van der Waals surface area contributed by atoms with Crippen LogP contribution in [0.3, 0.4) is 0 Å². The summed E-state index contributed by atoms with van der Waals surface area (Å²) in [4.78, 5) is 10.1.